The van der Waals surface area contributed by atoms with Gasteiger partial charge >= 0.3 is 6.18 Å². The Morgan fingerprint density at radius 2 is 1.72 bits per heavy atom. The van der Waals surface area contributed by atoms with E-state index in [1.807, 2.05) is 0 Å². The molecule has 0 aliphatic carbocycles. The van der Waals surface area contributed by atoms with E-state index in [9.17, 15) is 13.2 Å². The molecule has 1 heterocycles. The van der Waals surface area contributed by atoms with Gasteiger partial charge in [0.05, 0.1) is 4.99 Å². The van der Waals surface area contributed by atoms with Gasteiger partial charge < -0.3 is 5.73 Å². The summed E-state index contributed by atoms with van der Waals surface area (Å²) >= 11 is 4.52. The Hall–Kier alpha value is -0.400. The fourth-order valence-electron chi connectivity index (χ4n) is 2.08. The molecule has 1 atom stereocenters. The number of hydrogen-bond donors (Lipinski definition) is 1. The molecule has 0 amide bonds. The second-order valence-corrected chi connectivity index (χ2v) is 5.40. The molecule has 0 aromatic rings. The number of thiocarbonyl (C=S) groups is 1. The van der Waals surface area contributed by atoms with E-state index in [0.29, 0.717) is 19.1 Å². The lowest BCUT2D eigenvalue weighted by atomic mass is 10.1. The molecular formula is C11H20F3N3S. The highest BCUT2D eigenvalue weighted by molar-refractivity contribution is 7.80. The monoisotopic (exact) mass is 283 g/mol. The topological polar surface area (TPSA) is 32.5 Å². The van der Waals surface area contributed by atoms with Crippen LogP contribution in [-0.2, 0) is 0 Å². The Bertz CT molecular complexity index is 286. The number of alkyl halides is 3. The highest BCUT2D eigenvalue weighted by atomic mass is 32.1. The Morgan fingerprint density at radius 1 is 1.22 bits per heavy atom. The minimum Gasteiger partial charge on any atom is -0.393 e. The van der Waals surface area contributed by atoms with Crippen molar-refractivity contribution in [1.82, 2.24) is 9.80 Å². The molecule has 0 aromatic carbocycles. The second kappa shape index (κ2) is 6.16. The minimum absolute atomic E-state index is 0.120. The lowest BCUT2D eigenvalue weighted by molar-refractivity contribution is -0.160. The molecule has 0 aromatic heterocycles. The molecule has 1 saturated heterocycles. The first-order chi connectivity index (χ1) is 8.21. The lowest BCUT2D eigenvalue weighted by Crippen LogP contribution is -2.52. The minimum atomic E-state index is -4.35. The van der Waals surface area contributed by atoms with Gasteiger partial charge in [0, 0.05) is 38.8 Å². The maximum atomic E-state index is 12.7. The van der Waals surface area contributed by atoms with Crippen molar-refractivity contribution in [2.75, 3.05) is 32.7 Å². The van der Waals surface area contributed by atoms with Gasteiger partial charge in [0.15, 0.2) is 0 Å². The third-order valence-electron chi connectivity index (χ3n) is 3.32. The van der Waals surface area contributed by atoms with Crippen molar-refractivity contribution < 1.29 is 13.2 Å². The first-order valence-electron chi connectivity index (χ1n) is 6.04. The molecule has 1 unspecified atom stereocenters. The zero-order valence-corrected chi connectivity index (χ0v) is 11.5. The molecule has 3 nitrogen and oxygen atoms in total. The van der Waals surface area contributed by atoms with Gasteiger partial charge in [0.2, 0.25) is 0 Å². The molecule has 0 bridgehead atoms. The van der Waals surface area contributed by atoms with Crippen molar-refractivity contribution in [1.29, 1.82) is 0 Å². The maximum Gasteiger partial charge on any atom is 0.399 e. The molecule has 18 heavy (non-hydrogen) atoms. The SMILES string of the molecule is CC(C)N1CCN(CC(C(N)=S)C(F)(F)F)CC1. The Balaban J connectivity index is 2.51. The summed E-state index contributed by atoms with van der Waals surface area (Å²) in [5.41, 5.74) is 5.19. The molecule has 1 aliphatic heterocycles. The van der Waals surface area contributed by atoms with E-state index in [-0.39, 0.29) is 6.54 Å². The predicted octanol–water partition coefficient (Wildman–Crippen LogP) is 1.48. The quantitative estimate of drug-likeness (QED) is 0.792. The van der Waals surface area contributed by atoms with Crippen LogP contribution in [-0.4, -0.2) is 59.7 Å². The van der Waals surface area contributed by atoms with Gasteiger partial charge in [-0.05, 0) is 13.8 Å². The van der Waals surface area contributed by atoms with Crippen LogP contribution in [0.1, 0.15) is 13.8 Å². The Morgan fingerprint density at radius 3 is 2.06 bits per heavy atom. The van der Waals surface area contributed by atoms with Crippen LogP contribution < -0.4 is 5.73 Å². The normalized spacial score (nSPS) is 21.2. The number of hydrogen-bond acceptors (Lipinski definition) is 3. The number of nitrogens with two attached hydrogens (primary N) is 1. The average molecular weight is 283 g/mol. The van der Waals surface area contributed by atoms with Crippen molar-refractivity contribution in [2.45, 2.75) is 26.1 Å². The van der Waals surface area contributed by atoms with Gasteiger partial charge in [-0.25, -0.2) is 0 Å². The number of nitrogens with zero attached hydrogens (tertiary/aromatic N) is 2. The zero-order valence-electron chi connectivity index (χ0n) is 10.7. The van der Waals surface area contributed by atoms with Crippen LogP contribution in [0.4, 0.5) is 13.2 Å². The van der Waals surface area contributed by atoms with E-state index >= 15 is 0 Å². The Kier molecular flexibility index (Phi) is 5.36. The summed E-state index contributed by atoms with van der Waals surface area (Å²) in [6.45, 7) is 6.90. The second-order valence-electron chi connectivity index (χ2n) is 4.93. The van der Waals surface area contributed by atoms with Crippen LogP contribution in [0.15, 0.2) is 0 Å². The van der Waals surface area contributed by atoms with Gasteiger partial charge in [-0.15, -0.1) is 0 Å². The van der Waals surface area contributed by atoms with E-state index in [4.69, 9.17) is 5.73 Å². The summed E-state index contributed by atoms with van der Waals surface area (Å²) in [7, 11) is 0. The number of piperazine rings is 1. The molecule has 0 radical (unpaired) electrons. The third kappa shape index (κ3) is 4.37. The van der Waals surface area contributed by atoms with E-state index in [1.165, 1.54) is 0 Å². The van der Waals surface area contributed by atoms with Crippen LogP contribution >= 0.6 is 12.2 Å². The predicted molar refractivity (Wildman–Crippen MR) is 69.5 cm³/mol. The van der Waals surface area contributed by atoms with Crippen molar-refractivity contribution in [3.63, 3.8) is 0 Å². The summed E-state index contributed by atoms with van der Waals surface area (Å²) in [6, 6.07) is 0.432. The molecule has 0 saturated carbocycles. The van der Waals surface area contributed by atoms with E-state index in [0.717, 1.165) is 13.1 Å². The molecule has 1 aliphatic rings. The van der Waals surface area contributed by atoms with E-state index in [1.54, 1.807) is 4.90 Å². The van der Waals surface area contributed by atoms with E-state index < -0.39 is 17.1 Å². The van der Waals surface area contributed by atoms with Crippen LogP contribution in [0.3, 0.4) is 0 Å². The molecule has 1 rings (SSSR count). The van der Waals surface area contributed by atoms with Crippen molar-refractivity contribution in [3.8, 4) is 0 Å². The van der Waals surface area contributed by atoms with Crippen molar-refractivity contribution in [2.24, 2.45) is 11.7 Å². The van der Waals surface area contributed by atoms with Crippen molar-refractivity contribution >= 4 is 17.2 Å². The first kappa shape index (κ1) is 15.7. The first-order valence-corrected chi connectivity index (χ1v) is 6.45. The van der Waals surface area contributed by atoms with Crippen LogP contribution in [0, 0.1) is 5.92 Å². The summed E-state index contributed by atoms with van der Waals surface area (Å²) < 4.78 is 38.2. The molecule has 2 N–H and O–H groups in total. The fraction of sp³-hybridized carbons (Fsp3) is 0.909. The Labute approximate surface area is 111 Å². The fourth-order valence-corrected chi connectivity index (χ4v) is 2.28. The van der Waals surface area contributed by atoms with Crippen molar-refractivity contribution in [3.05, 3.63) is 0 Å². The lowest BCUT2D eigenvalue weighted by Gasteiger charge is -2.38. The number of rotatable bonds is 4. The van der Waals surface area contributed by atoms with Gasteiger partial charge in [-0.1, -0.05) is 12.2 Å². The smallest absolute Gasteiger partial charge is 0.393 e. The van der Waals surface area contributed by atoms with Gasteiger partial charge in [-0.3, -0.25) is 9.80 Å². The molecular weight excluding hydrogens is 263 g/mol. The summed E-state index contributed by atoms with van der Waals surface area (Å²) in [5.74, 6) is -1.70. The van der Waals surface area contributed by atoms with Crippen LogP contribution in [0.25, 0.3) is 0 Å². The summed E-state index contributed by atoms with van der Waals surface area (Å²) in [4.78, 5) is 3.57. The molecule has 7 heteroatoms. The average Bonchev–Trinajstić information content (AvgIpc) is 2.24. The van der Waals surface area contributed by atoms with Gasteiger partial charge in [0.1, 0.15) is 5.92 Å². The maximum absolute atomic E-state index is 12.7. The number of halogens is 3. The van der Waals surface area contributed by atoms with Gasteiger partial charge in [-0.2, -0.15) is 13.2 Å². The molecule has 1 fully saturated rings. The van der Waals surface area contributed by atoms with Crippen LogP contribution in [0.2, 0.25) is 0 Å². The highest BCUT2D eigenvalue weighted by Gasteiger charge is 2.42. The van der Waals surface area contributed by atoms with Crippen LogP contribution in [0.5, 0.6) is 0 Å². The third-order valence-corrected chi connectivity index (χ3v) is 3.60. The zero-order chi connectivity index (χ0) is 13.9. The highest BCUT2D eigenvalue weighted by Crippen LogP contribution is 2.27. The molecule has 106 valence electrons. The standard InChI is InChI=1S/C11H20F3N3S/c1-8(2)17-5-3-16(4-6-17)7-9(10(15)18)11(12,13)14/h8-9H,3-7H2,1-2H3,(H2,15,18). The molecule has 0 spiro atoms. The summed E-state index contributed by atoms with van der Waals surface area (Å²) in [6.07, 6.45) is -4.35. The largest absolute Gasteiger partial charge is 0.399 e. The summed E-state index contributed by atoms with van der Waals surface area (Å²) in [5, 5.41) is 0. The van der Waals surface area contributed by atoms with Gasteiger partial charge in [0.25, 0.3) is 0 Å². The van der Waals surface area contributed by atoms with E-state index in [2.05, 4.69) is 31.0 Å².